The molecule has 17 heavy (non-hydrogen) atoms. The molecule has 0 bridgehead atoms. The van der Waals surface area contributed by atoms with Crippen LogP contribution in [0.25, 0.3) is 0 Å². The number of primary amides is 1. The number of nitrogens with zero attached hydrogens (tertiary/aromatic N) is 1. The fourth-order valence-corrected chi connectivity index (χ4v) is 3.24. The van der Waals surface area contributed by atoms with Crippen LogP contribution in [0.1, 0.15) is 40.5 Å². The van der Waals surface area contributed by atoms with Crippen molar-refractivity contribution in [3.05, 3.63) is 12.7 Å². The lowest BCUT2D eigenvalue weighted by molar-refractivity contribution is -0.0288. The van der Waals surface area contributed by atoms with Gasteiger partial charge in [-0.05, 0) is 40.5 Å². The van der Waals surface area contributed by atoms with Crippen molar-refractivity contribution < 1.29 is 4.79 Å². The van der Waals surface area contributed by atoms with E-state index in [0.29, 0.717) is 0 Å². The summed E-state index contributed by atoms with van der Waals surface area (Å²) in [6.45, 7) is 13.5. The minimum Gasteiger partial charge on any atom is -0.352 e. The summed E-state index contributed by atoms with van der Waals surface area (Å²) in [5, 5.41) is 2.84. The van der Waals surface area contributed by atoms with Gasteiger partial charge in [0.05, 0.1) is 0 Å². The Kier molecular flexibility index (Phi) is 3.87. The van der Waals surface area contributed by atoms with E-state index in [1.54, 1.807) is 0 Å². The van der Waals surface area contributed by atoms with Crippen molar-refractivity contribution in [2.45, 2.75) is 57.7 Å². The summed E-state index contributed by atoms with van der Waals surface area (Å²) in [6, 6.07) is -0.280. The molecule has 3 N–H and O–H groups in total. The summed E-state index contributed by atoms with van der Waals surface area (Å²) in [5.41, 5.74) is 5.28. The SMILES string of the molecule is C=CCN1C(C)(C)CC(NC(N)=O)CC1(C)C. The molecule has 0 aromatic heterocycles. The van der Waals surface area contributed by atoms with E-state index in [0.717, 1.165) is 19.4 Å². The van der Waals surface area contributed by atoms with Gasteiger partial charge in [0.1, 0.15) is 0 Å². The van der Waals surface area contributed by atoms with E-state index in [4.69, 9.17) is 5.73 Å². The van der Waals surface area contributed by atoms with E-state index in [1.165, 1.54) is 0 Å². The molecule has 2 amide bonds. The summed E-state index contributed by atoms with van der Waals surface area (Å²) in [5.74, 6) is 0. The molecule has 0 spiro atoms. The third-order valence-electron chi connectivity index (χ3n) is 3.61. The zero-order chi connectivity index (χ0) is 13.3. The topological polar surface area (TPSA) is 58.4 Å². The lowest BCUT2D eigenvalue weighted by Crippen LogP contribution is -2.64. The normalized spacial score (nSPS) is 24.2. The molecule has 0 atom stereocenters. The number of likely N-dealkylation sites (tertiary alicyclic amines) is 1. The lowest BCUT2D eigenvalue weighted by Gasteiger charge is -2.55. The summed E-state index contributed by atoms with van der Waals surface area (Å²) in [4.78, 5) is 13.4. The predicted molar refractivity (Wildman–Crippen MR) is 70.8 cm³/mol. The maximum atomic E-state index is 11.0. The van der Waals surface area contributed by atoms with E-state index in [-0.39, 0.29) is 17.1 Å². The molecular formula is C13H25N3O. The van der Waals surface area contributed by atoms with Gasteiger partial charge in [0, 0.05) is 23.7 Å². The van der Waals surface area contributed by atoms with Gasteiger partial charge < -0.3 is 11.1 Å². The number of amides is 2. The second-order valence-corrected chi connectivity index (χ2v) is 6.14. The summed E-state index contributed by atoms with van der Waals surface area (Å²) in [7, 11) is 0. The van der Waals surface area contributed by atoms with E-state index in [1.807, 2.05) is 6.08 Å². The molecule has 0 radical (unpaired) electrons. The summed E-state index contributed by atoms with van der Waals surface area (Å²) in [6.07, 6.45) is 3.76. The van der Waals surface area contributed by atoms with Crippen molar-refractivity contribution in [3.8, 4) is 0 Å². The molecule has 0 aromatic carbocycles. The molecule has 1 aliphatic rings. The van der Waals surface area contributed by atoms with Crippen molar-refractivity contribution in [1.82, 2.24) is 10.2 Å². The van der Waals surface area contributed by atoms with Gasteiger partial charge in [-0.2, -0.15) is 0 Å². The maximum Gasteiger partial charge on any atom is 0.312 e. The minimum atomic E-state index is -0.432. The highest BCUT2D eigenvalue weighted by Gasteiger charge is 2.44. The second kappa shape index (κ2) is 4.69. The van der Waals surface area contributed by atoms with E-state index in [9.17, 15) is 4.79 Å². The van der Waals surface area contributed by atoms with Crippen molar-refractivity contribution in [1.29, 1.82) is 0 Å². The Morgan fingerprint density at radius 3 is 2.24 bits per heavy atom. The van der Waals surface area contributed by atoms with Crippen LogP contribution in [0.3, 0.4) is 0 Å². The first kappa shape index (κ1) is 14.0. The van der Waals surface area contributed by atoms with Crippen molar-refractivity contribution >= 4 is 6.03 Å². The number of nitrogens with two attached hydrogens (primary N) is 1. The quantitative estimate of drug-likeness (QED) is 0.739. The Bertz CT molecular complexity index is 292. The standard InChI is InChI=1S/C13H25N3O/c1-6-7-16-12(2,3)8-10(15-11(14)17)9-13(16,4)5/h6,10H,1,7-9H2,2-5H3,(H3,14,15,17). The number of urea groups is 1. The van der Waals surface area contributed by atoms with Gasteiger partial charge in [0.25, 0.3) is 0 Å². The highest BCUT2D eigenvalue weighted by atomic mass is 16.2. The molecule has 1 fully saturated rings. The van der Waals surface area contributed by atoms with E-state index in [2.05, 4.69) is 44.5 Å². The van der Waals surface area contributed by atoms with Crippen LogP contribution in [-0.2, 0) is 0 Å². The molecule has 0 aliphatic carbocycles. The van der Waals surface area contributed by atoms with Crippen LogP contribution < -0.4 is 11.1 Å². The Morgan fingerprint density at radius 2 is 1.88 bits per heavy atom. The van der Waals surface area contributed by atoms with Crippen LogP contribution in [0.5, 0.6) is 0 Å². The monoisotopic (exact) mass is 239 g/mol. The molecule has 1 saturated heterocycles. The van der Waals surface area contributed by atoms with Crippen LogP contribution in [0.2, 0.25) is 0 Å². The number of nitrogens with one attached hydrogen (secondary N) is 1. The third kappa shape index (κ3) is 3.22. The van der Waals surface area contributed by atoms with Gasteiger partial charge in [-0.25, -0.2) is 4.79 Å². The van der Waals surface area contributed by atoms with Gasteiger partial charge in [0.15, 0.2) is 0 Å². The van der Waals surface area contributed by atoms with Crippen LogP contribution in [0.4, 0.5) is 4.79 Å². The Labute approximate surface area is 104 Å². The molecule has 0 saturated carbocycles. The number of piperidine rings is 1. The van der Waals surface area contributed by atoms with Crippen molar-refractivity contribution in [2.24, 2.45) is 5.73 Å². The Morgan fingerprint density at radius 1 is 1.41 bits per heavy atom. The number of hydrogen-bond acceptors (Lipinski definition) is 2. The van der Waals surface area contributed by atoms with Gasteiger partial charge in [-0.1, -0.05) is 6.08 Å². The summed E-state index contributed by atoms with van der Waals surface area (Å²) >= 11 is 0. The average molecular weight is 239 g/mol. The molecule has 98 valence electrons. The van der Waals surface area contributed by atoms with Gasteiger partial charge in [-0.15, -0.1) is 6.58 Å². The smallest absolute Gasteiger partial charge is 0.312 e. The molecule has 0 unspecified atom stereocenters. The second-order valence-electron chi connectivity index (χ2n) is 6.14. The first-order valence-electron chi connectivity index (χ1n) is 6.14. The minimum absolute atomic E-state index is 0.0308. The zero-order valence-corrected chi connectivity index (χ0v) is 11.4. The van der Waals surface area contributed by atoms with Crippen LogP contribution in [0, 0.1) is 0 Å². The fourth-order valence-electron chi connectivity index (χ4n) is 3.24. The maximum absolute atomic E-state index is 11.0. The highest BCUT2D eigenvalue weighted by molar-refractivity contribution is 5.72. The van der Waals surface area contributed by atoms with Crippen LogP contribution >= 0.6 is 0 Å². The zero-order valence-electron chi connectivity index (χ0n) is 11.4. The van der Waals surface area contributed by atoms with Crippen molar-refractivity contribution in [2.75, 3.05) is 6.54 Å². The summed E-state index contributed by atoms with van der Waals surface area (Å²) < 4.78 is 0. The van der Waals surface area contributed by atoms with Gasteiger partial charge in [0.2, 0.25) is 0 Å². The fraction of sp³-hybridized carbons (Fsp3) is 0.769. The molecule has 1 heterocycles. The van der Waals surface area contributed by atoms with Gasteiger partial charge in [-0.3, -0.25) is 4.90 Å². The van der Waals surface area contributed by atoms with Crippen LogP contribution in [-0.4, -0.2) is 34.6 Å². The average Bonchev–Trinajstić information content (AvgIpc) is 2.08. The predicted octanol–water partition coefficient (Wildman–Crippen LogP) is 1.86. The molecule has 0 aromatic rings. The first-order chi connectivity index (χ1) is 7.69. The third-order valence-corrected chi connectivity index (χ3v) is 3.61. The molecule has 4 heteroatoms. The van der Waals surface area contributed by atoms with Crippen LogP contribution in [0.15, 0.2) is 12.7 Å². The first-order valence-corrected chi connectivity index (χ1v) is 6.14. The molecular weight excluding hydrogens is 214 g/mol. The number of rotatable bonds is 3. The largest absolute Gasteiger partial charge is 0.352 e. The number of hydrogen-bond donors (Lipinski definition) is 2. The molecule has 4 nitrogen and oxygen atoms in total. The molecule has 1 rings (SSSR count). The van der Waals surface area contributed by atoms with Crippen molar-refractivity contribution in [3.63, 3.8) is 0 Å². The lowest BCUT2D eigenvalue weighted by atomic mass is 9.77. The number of carbonyl (C=O) groups excluding carboxylic acids is 1. The van der Waals surface area contributed by atoms with E-state index < -0.39 is 6.03 Å². The highest BCUT2D eigenvalue weighted by Crippen LogP contribution is 2.38. The van der Waals surface area contributed by atoms with Gasteiger partial charge >= 0.3 is 6.03 Å². The van der Waals surface area contributed by atoms with E-state index >= 15 is 0 Å². The Hall–Kier alpha value is -1.03. The number of carbonyl (C=O) groups is 1. The Balaban J connectivity index is 2.87. The molecule has 1 aliphatic heterocycles.